The Balaban J connectivity index is 2.17. The van der Waals surface area contributed by atoms with Crippen LogP contribution in [0.2, 0.25) is 0 Å². The van der Waals surface area contributed by atoms with Gasteiger partial charge in [0.25, 0.3) is 0 Å². The van der Waals surface area contributed by atoms with Gasteiger partial charge in [-0.1, -0.05) is 13.0 Å². The van der Waals surface area contributed by atoms with E-state index in [1.807, 2.05) is 36.6 Å². The minimum atomic E-state index is 0.245. The molecule has 0 bridgehead atoms. The molecule has 0 amide bonds. The van der Waals surface area contributed by atoms with Crippen LogP contribution in [0.5, 0.6) is 0 Å². The second-order valence-corrected chi connectivity index (χ2v) is 5.12. The Morgan fingerprint density at radius 3 is 3.05 bits per heavy atom. The molecule has 0 aromatic carbocycles. The van der Waals surface area contributed by atoms with Gasteiger partial charge in [-0.15, -0.1) is 11.3 Å². The molecule has 5 heteroatoms. The van der Waals surface area contributed by atoms with Crippen LogP contribution < -0.4 is 5.32 Å². The molecule has 0 saturated carbocycles. The first-order valence-corrected chi connectivity index (χ1v) is 7.00. The van der Waals surface area contributed by atoms with Crippen molar-refractivity contribution in [3.05, 3.63) is 34.0 Å². The van der Waals surface area contributed by atoms with E-state index in [-0.39, 0.29) is 6.04 Å². The van der Waals surface area contributed by atoms with E-state index in [9.17, 15) is 0 Å². The second-order valence-electron chi connectivity index (χ2n) is 4.14. The largest absolute Gasteiger partial charge is 0.420 e. The number of anilines is 1. The van der Waals surface area contributed by atoms with E-state index < -0.39 is 0 Å². The van der Waals surface area contributed by atoms with E-state index >= 15 is 0 Å². The van der Waals surface area contributed by atoms with Crippen LogP contribution in [0, 0.1) is 11.3 Å². The van der Waals surface area contributed by atoms with Crippen molar-refractivity contribution in [3.8, 4) is 6.07 Å². The lowest BCUT2D eigenvalue weighted by Gasteiger charge is -2.08. The molecule has 1 atom stereocenters. The molecule has 4 nitrogen and oxygen atoms in total. The third-order valence-electron chi connectivity index (χ3n) is 2.67. The van der Waals surface area contributed by atoms with Gasteiger partial charge in [-0.05, 0) is 30.9 Å². The lowest BCUT2D eigenvalue weighted by molar-refractivity contribution is 0.548. The molecule has 98 valence electrons. The Kier molecular flexibility index (Phi) is 4.37. The van der Waals surface area contributed by atoms with Gasteiger partial charge >= 0.3 is 0 Å². The van der Waals surface area contributed by atoms with Gasteiger partial charge in [-0.2, -0.15) is 10.2 Å². The summed E-state index contributed by atoms with van der Waals surface area (Å²) in [6, 6.07) is 6.27. The maximum atomic E-state index is 9.04. The zero-order valence-electron chi connectivity index (χ0n) is 10.9. The summed E-state index contributed by atoms with van der Waals surface area (Å²) in [6.07, 6.45) is 4.64. The van der Waals surface area contributed by atoms with E-state index in [4.69, 9.17) is 9.68 Å². The van der Waals surface area contributed by atoms with E-state index in [1.165, 1.54) is 0 Å². The number of rotatable bonds is 5. The van der Waals surface area contributed by atoms with Crippen molar-refractivity contribution < 1.29 is 4.42 Å². The van der Waals surface area contributed by atoms with E-state index in [1.54, 1.807) is 17.4 Å². The first kappa shape index (κ1) is 13.4. The maximum Gasteiger partial charge on any atom is 0.232 e. The molecule has 0 aliphatic rings. The van der Waals surface area contributed by atoms with Gasteiger partial charge < -0.3 is 9.73 Å². The van der Waals surface area contributed by atoms with Crippen LogP contribution in [0.4, 0.5) is 5.88 Å². The molecule has 2 aromatic heterocycles. The Hall–Kier alpha value is -2.06. The number of oxazole rings is 1. The summed E-state index contributed by atoms with van der Waals surface area (Å²) in [5.41, 5.74) is 0.297. The Morgan fingerprint density at radius 2 is 2.42 bits per heavy atom. The number of hydrogen-bond acceptors (Lipinski definition) is 5. The third-order valence-corrected chi connectivity index (χ3v) is 3.51. The Morgan fingerprint density at radius 1 is 1.58 bits per heavy atom. The standard InChI is InChI=1S/C14H15N3OS/c1-3-10(2)16-14-12(9-15)17-13(18-14)7-6-11-5-4-8-19-11/h4-8,10,16H,3H2,1-2H3/b7-6+/t10-/m1/s1. The molecule has 0 aliphatic carbocycles. The number of nitrogens with zero attached hydrogens (tertiary/aromatic N) is 2. The fourth-order valence-electron chi connectivity index (χ4n) is 1.45. The number of thiophene rings is 1. The summed E-state index contributed by atoms with van der Waals surface area (Å²) in [7, 11) is 0. The molecule has 19 heavy (non-hydrogen) atoms. The van der Waals surface area contributed by atoms with Crippen LogP contribution >= 0.6 is 11.3 Å². The van der Waals surface area contributed by atoms with Gasteiger partial charge in [-0.3, -0.25) is 0 Å². The van der Waals surface area contributed by atoms with Crippen molar-refractivity contribution in [2.75, 3.05) is 5.32 Å². The zero-order chi connectivity index (χ0) is 13.7. The van der Waals surface area contributed by atoms with Crippen LogP contribution in [0.1, 0.15) is 36.7 Å². The molecular formula is C14H15N3OS. The predicted molar refractivity (Wildman–Crippen MR) is 77.8 cm³/mol. The third kappa shape index (κ3) is 3.46. The molecule has 0 unspecified atom stereocenters. The summed E-state index contributed by atoms with van der Waals surface area (Å²) in [5.74, 6) is 0.887. The number of nitriles is 1. The summed E-state index contributed by atoms with van der Waals surface area (Å²) in [4.78, 5) is 5.26. The quantitative estimate of drug-likeness (QED) is 0.894. The molecule has 0 aliphatic heterocycles. The van der Waals surface area contributed by atoms with E-state index in [0.717, 1.165) is 11.3 Å². The minimum absolute atomic E-state index is 0.245. The van der Waals surface area contributed by atoms with Gasteiger partial charge in [0.2, 0.25) is 17.5 Å². The summed E-state index contributed by atoms with van der Waals surface area (Å²) in [5, 5.41) is 14.2. The van der Waals surface area contributed by atoms with Crippen molar-refractivity contribution in [3.63, 3.8) is 0 Å². The fourth-order valence-corrected chi connectivity index (χ4v) is 2.06. The molecule has 0 radical (unpaired) electrons. The lowest BCUT2D eigenvalue weighted by Crippen LogP contribution is -2.13. The van der Waals surface area contributed by atoms with Crippen LogP contribution in [0.15, 0.2) is 21.9 Å². The van der Waals surface area contributed by atoms with E-state index in [0.29, 0.717) is 17.5 Å². The number of aromatic nitrogens is 1. The predicted octanol–water partition coefficient (Wildman–Crippen LogP) is 3.99. The Bertz CT molecular complexity index is 593. The first-order chi connectivity index (χ1) is 9.22. The second kappa shape index (κ2) is 6.21. The molecule has 2 aromatic rings. The van der Waals surface area contributed by atoms with Crippen molar-refractivity contribution in [1.29, 1.82) is 5.26 Å². The summed E-state index contributed by atoms with van der Waals surface area (Å²) in [6.45, 7) is 4.10. The molecule has 2 heterocycles. The monoisotopic (exact) mass is 273 g/mol. The molecular weight excluding hydrogens is 258 g/mol. The van der Waals surface area contributed by atoms with Crippen molar-refractivity contribution in [2.24, 2.45) is 0 Å². The van der Waals surface area contributed by atoms with Gasteiger partial charge in [0.05, 0.1) is 0 Å². The van der Waals surface area contributed by atoms with Crippen LogP contribution in [0.25, 0.3) is 12.2 Å². The van der Waals surface area contributed by atoms with Crippen LogP contribution in [-0.4, -0.2) is 11.0 Å². The van der Waals surface area contributed by atoms with Gasteiger partial charge in [0.15, 0.2) is 0 Å². The highest BCUT2D eigenvalue weighted by Crippen LogP contribution is 2.20. The van der Waals surface area contributed by atoms with Gasteiger partial charge in [0, 0.05) is 17.0 Å². The van der Waals surface area contributed by atoms with Gasteiger partial charge in [-0.25, -0.2) is 0 Å². The Labute approximate surface area is 116 Å². The van der Waals surface area contributed by atoms with E-state index in [2.05, 4.69) is 17.2 Å². The molecule has 2 rings (SSSR count). The molecule has 0 saturated heterocycles. The summed E-state index contributed by atoms with van der Waals surface area (Å²) < 4.78 is 5.55. The van der Waals surface area contributed by atoms with Crippen LogP contribution in [-0.2, 0) is 0 Å². The normalized spacial score (nSPS) is 12.5. The highest BCUT2D eigenvalue weighted by atomic mass is 32.1. The molecule has 1 N–H and O–H groups in total. The molecule has 0 spiro atoms. The highest BCUT2D eigenvalue weighted by molar-refractivity contribution is 7.10. The zero-order valence-corrected chi connectivity index (χ0v) is 11.7. The fraction of sp³-hybridized carbons (Fsp3) is 0.286. The lowest BCUT2D eigenvalue weighted by atomic mass is 10.2. The highest BCUT2D eigenvalue weighted by Gasteiger charge is 2.12. The van der Waals surface area contributed by atoms with Crippen molar-refractivity contribution >= 4 is 29.4 Å². The topological polar surface area (TPSA) is 61.9 Å². The van der Waals surface area contributed by atoms with Crippen molar-refractivity contribution in [2.45, 2.75) is 26.3 Å². The van der Waals surface area contributed by atoms with Gasteiger partial charge in [0.1, 0.15) is 6.07 Å². The summed E-state index contributed by atoms with van der Waals surface area (Å²) >= 11 is 1.64. The smallest absolute Gasteiger partial charge is 0.232 e. The average Bonchev–Trinajstić information content (AvgIpc) is 3.05. The van der Waals surface area contributed by atoms with Crippen LogP contribution in [0.3, 0.4) is 0 Å². The maximum absolute atomic E-state index is 9.04. The first-order valence-electron chi connectivity index (χ1n) is 6.12. The van der Waals surface area contributed by atoms with Crippen molar-refractivity contribution in [1.82, 2.24) is 4.98 Å². The SMILES string of the molecule is CC[C@@H](C)Nc1oc(/C=C/c2cccs2)nc1C#N. The minimum Gasteiger partial charge on any atom is -0.420 e. The molecule has 0 fully saturated rings. The average molecular weight is 273 g/mol. The number of hydrogen-bond donors (Lipinski definition) is 1. The number of nitrogens with one attached hydrogen (secondary N) is 1.